The van der Waals surface area contributed by atoms with Crippen LogP contribution in [0.4, 0.5) is 10.1 Å². The van der Waals surface area contributed by atoms with Crippen LogP contribution in [0.1, 0.15) is 10.4 Å². The summed E-state index contributed by atoms with van der Waals surface area (Å²) in [5, 5.41) is 13.2. The van der Waals surface area contributed by atoms with E-state index in [4.69, 9.17) is 15.4 Å². The molecule has 0 unspecified atom stereocenters. The first-order chi connectivity index (χ1) is 9.70. The SMILES string of the molecule is NC1=CNN(c2ccc(S(=O)(=O)O)cc2C(=O)O)N=C1F. The van der Waals surface area contributed by atoms with Gasteiger partial charge in [-0.15, -0.1) is 5.10 Å². The van der Waals surface area contributed by atoms with Crippen LogP contribution in [0.5, 0.6) is 0 Å². The number of allylic oxidation sites excluding steroid dienone is 1. The van der Waals surface area contributed by atoms with E-state index >= 15 is 0 Å². The highest BCUT2D eigenvalue weighted by molar-refractivity contribution is 7.85. The molecule has 0 spiro atoms. The zero-order chi connectivity index (χ0) is 15.8. The average molecular weight is 316 g/mol. The quantitative estimate of drug-likeness (QED) is 0.572. The number of carboxylic acids is 1. The summed E-state index contributed by atoms with van der Waals surface area (Å²) >= 11 is 0. The lowest BCUT2D eigenvalue weighted by Gasteiger charge is -2.23. The molecule has 0 aliphatic carbocycles. The lowest BCUT2D eigenvalue weighted by molar-refractivity contribution is 0.0697. The fourth-order valence-electron chi connectivity index (χ4n) is 1.52. The van der Waals surface area contributed by atoms with Crippen molar-refractivity contribution in [3.8, 4) is 0 Å². The van der Waals surface area contributed by atoms with Crippen molar-refractivity contribution in [3.63, 3.8) is 0 Å². The molecule has 5 N–H and O–H groups in total. The number of nitrogens with one attached hydrogen (secondary N) is 1. The number of carbonyl (C=O) groups is 1. The Hall–Kier alpha value is -2.66. The molecule has 0 radical (unpaired) electrons. The number of anilines is 1. The van der Waals surface area contributed by atoms with E-state index in [-0.39, 0.29) is 11.4 Å². The third kappa shape index (κ3) is 2.93. The predicted octanol–water partition coefficient (Wildman–Crippen LogP) is 0.0392. The number of aromatic carboxylic acids is 1. The normalized spacial score (nSPS) is 15.0. The van der Waals surface area contributed by atoms with Gasteiger partial charge in [0.05, 0.1) is 16.1 Å². The van der Waals surface area contributed by atoms with Gasteiger partial charge in [-0.1, -0.05) is 0 Å². The number of hydrazine groups is 1. The number of hydrogen-bond acceptors (Lipinski definition) is 7. The summed E-state index contributed by atoms with van der Waals surface area (Å²) in [6.45, 7) is 0. The van der Waals surface area contributed by atoms with E-state index < -0.39 is 32.5 Å². The Labute approximate surface area is 117 Å². The van der Waals surface area contributed by atoms with E-state index in [0.717, 1.165) is 29.5 Å². The molecule has 0 fully saturated rings. The van der Waals surface area contributed by atoms with Crippen molar-refractivity contribution in [2.24, 2.45) is 10.8 Å². The Balaban J connectivity index is 2.53. The summed E-state index contributed by atoms with van der Waals surface area (Å²) in [6.07, 6.45) is 1.05. The Morgan fingerprint density at radius 2 is 2.10 bits per heavy atom. The van der Waals surface area contributed by atoms with E-state index in [1.165, 1.54) is 0 Å². The molecule has 0 atom stereocenters. The Kier molecular flexibility index (Phi) is 3.53. The second kappa shape index (κ2) is 5.03. The van der Waals surface area contributed by atoms with Gasteiger partial charge in [0.2, 0.25) is 0 Å². The minimum Gasteiger partial charge on any atom is -0.478 e. The largest absolute Gasteiger partial charge is 0.478 e. The molecule has 0 bridgehead atoms. The third-order valence-corrected chi connectivity index (χ3v) is 3.34. The number of nitrogens with zero attached hydrogens (tertiary/aromatic N) is 2. The van der Waals surface area contributed by atoms with E-state index in [1.54, 1.807) is 0 Å². The average Bonchev–Trinajstić information content (AvgIpc) is 2.40. The maximum Gasteiger partial charge on any atom is 0.338 e. The van der Waals surface area contributed by atoms with Gasteiger partial charge in [-0.05, 0) is 18.2 Å². The van der Waals surface area contributed by atoms with Crippen LogP contribution < -0.4 is 16.3 Å². The summed E-state index contributed by atoms with van der Waals surface area (Å²) in [5.74, 6) is -2.53. The van der Waals surface area contributed by atoms with E-state index in [9.17, 15) is 17.6 Å². The lowest BCUT2D eigenvalue weighted by Crippen LogP contribution is -2.36. The molecule has 0 amide bonds. The molecule has 21 heavy (non-hydrogen) atoms. The summed E-state index contributed by atoms with van der Waals surface area (Å²) in [5.41, 5.74) is 6.71. The molecule has 2 rings (SSSR count). The van der Waals surface area contributed by atoms with E-state index in [2.05, 4.69) is 10.5 Å². The first kappa shape index (κ1) is 14.7. The maximum absolute atomic E-state index is 13.3. The number of benzene rings is 1. The van der Waals surface area contributed by atoms with Crippen molar-refractivity contribution in [1.29, 1.82) is 0 Å². The van der Waals surface area contributed by atoms with Gasteiger partial charge in [-0.3, -0.25) is 9.98 Å². The molecule has 0 saturated carbocycles. The first-order valence-corrected chi connectivity index (χ1v) is 6.75. The molecule has 1 aliphatic heterocycles. The molecular formula is C10H9FN4O5S. The van der Waals surface area contributed by atoms with Crippen LogP contribution in [0, 0.1) is 0 Å². The number of hydrazone groups is 1. The van der Waals surface area contributed by atoms with Crippen molar-refractivity contribution in [2.75, 3.05) is 5.12 Å². The van der Waals surface area contributed by atoms with E-state index in [0.29, 0.717) is 0 Å². The topological polar surface area (TPSA) is 145 Å². The number of rotatable bonds is 3. The predicted molar refractivity (Wildman–Crippen MR) is 69.6 cm³/mol. The molecule has 1 aliphatic rings. The van der Waals surface area contributed by atoms with Crippen molar-refractivity contribution < 1.29 is 27.3 Å². The number of carboxylic acid groups (broad SMARTS) is 1. The Morgan fingerprint density at radius 1 is 1.43 bits per heavy atom. The number of hydrogen-bond donors (Lipinski definition) is 4. The van der Waals surface area contributed by atoms with Gasteiger partial charge in [0.25, 0.3) is 16.1 Å². The third-order valence-electron chi connectivity index (χ3n) is 2.49. The Morgan fingerprint density at radius 3 is 2.62 bits per heavy atom. The fraction of sp³-hybridized carbons (Fsp3) is 0. The lowest BCUT2D eigenvalue weighted by atomic mass is 10.2. The van der Waals surface area contributed by atoms with Crippen LogP contribution in [-0.2, 0) is 10.1 Å². The second-order valence-electron chi connectivity index (χ2n) is 3.89. The maximum atomic E-state index is 13.3. The molecule has 0 saturated heterocycles. The van der Waals surface area contributed by atoms with Gasteiger partial charge in [0, 0.05) is 6.20 Å². The van der Waals surface area contributed by atoms with Crippen LogP contribution in [0.25, 0.3) is 0 Å². The summed E-state index contributed by atoms with van der Waals surface area (Å²) in [7, 11) is -4.57. The summed E-state index contributed by atoms with van der Waals surface area (Å²) in [4.78, 5) is 10.6. The van der Waals surface area contributed by atoms with Gasteiger partial charge < -0.3 is 10.8 Å². The molecule has 112 valence electrons. The molecule has 11 heteroatoms. The smallest absolute Gasteiger partial charge is 0.338 e. The molecule has 1 heterocycles. The van der Waals surface area contributed by atoms with Gasteiger partial charge in [0.1, 0.15) is 5.70 Å². The monoisotopic (exact) mass is 316 g/mol. The minimum absolute atomic E-state index is 0.145. The zero-order valence-electron chi connectivity index (χ0n) is 10.2. The fourth-order valence-corrected chi connectivity index (χ4v) is 2.03. The summed E-state index contributed by atoms with van der Waals surface area (Å²) < 4.78 is 44.2. The zero-order valence-corrected chi connectivity index (χ0v) is 11.0. The van der Waals surface area contributed by atoms with Crippen LogP contribution in [0.2, 0.25) is 0 Å². The molecule has 0 aromatic heterocycles. The minimum atomic E-state index is -4.57. The van der Waals surface area contributed by atoms with Gasteiger partial charge >= 0.3 is 5.97 Å². The first-order valence-electron chi connectivity index (χ1n) is 5.31. The second-order valence-corrected chi connectivity index (χ2v) is 5.31. The highest BCUT2D eigenvalue weighted by Gasteiger charge is 2.22. The van der Waals surface area contributed by atoms with Gasteiger partial charge in [0.15, 0.2) is 0 Å². The standard InChI is InChI=1S/C10H9FN4O5S/c11-9-7(12)4-13-15(14-9)8-2-1-5(21(18,19)20)3-6(8)10(16)17/h1-4,13H,12H2,(H,16,17)(H,18,19,20). The van der Waals surface area contributed by atoms with Gasteiger partial charge in [-0.2, -0.15) is 17.9 Å². The summed E-state index contributed by atoms with van der Waals surface area (Å²) in [6, 6.07) is 2.73. The molecular weight excluding hydrogens is 307 g/mol. The Bertz CT molecular complexity index is 774. The van der Waals surface area contributed by atoms with Crippen molar-refractivity contribution >= 4 is 27.7 Å². The van der Waals surface area contributed by atoms with Crippen LogP contribution in [0.3, 0.4) is 0 Å². The van der Waals surface area contributed by atoms with Crippen molar-refractivity contribution in [2.45, 2.75) is 4.90 Å². The van der Waals surface area contributed by atoms with E-state index in [1.807, 2.05) is 0 Å². The van der Waals surface area contributed by atoms with Crippen LogP contribution >= 0.6 is 0 Å². The van der Waals surface area contributed by atoms with Crippen molar-refractivity contribution in [3.05, 3.63) is 35.7 Å². The highest BCUT2D eigenvalue weighted by Crippen LogP contribution is 2.25. The molecule has 1 aromatic rings. The molecule has 9 nitrogen and oxygen atoms in total. The molecule has 1 aromatic carbocycles. The van der Waals surface area contributed by atoms with Crippen molar-refractivity contribution in [1.82, 2.24) is 5.43 Å². The van der Waals surface area contributed by atoms with Gasteiger partial charge in [-0.25, -0.2) is 4.79 Å². The van der Waals surface area contributed by atoms with Crippen LogP contribution in [0.15, 0.2) is 40.1 Å². The number of halogens is 1. The van der Waals surface area contributed by atoms with Crippen LogP contribution in [-0.4, -0.2) is 30.0 Å². The number of nitrogens with two attached hydrogens (primary N) is 1. The highest BCUT2D eigenvalue weighted by atomic mass is 32.2.